The van der Waals surface area contributed by atoms with Crippen molar-refractivity contribution in [3.63, 3.8) is 0 Å². The number of nitrogens with zero attached hydrogens (tertiary/aromatic N) is 2. The molecule has 0 bridgehead atoms. The molecular weight excluding hydrogens is 470 g/mol. The monoisotopic (exact) mass is 513 g/mol. The van der Waals surface area contributed by atoms with Crippen LogP contribution < -0.4 is 20.9 Å². The molecule has 3 amide bonds. The molecule has 2 saturated heterocycles. The second kappa shape index (κ2) is 12.2. The highest BCUT2D eigenvalue weighted by molar-refractivity contribution is 6.01. The summed E-state index contributed by atoms with van der Waals surface area (Å²) < 4.78 is 5.40. The number of alkyl carbamates (subject to hydrolysis) is 1. The molecule has 1 aliphatic carbocycles. The number of rotatable bonds is 6. The van der Waals surface area contributed by atoms with E-state index in [0.29, 0.717) is 18.8 Å². The van der Waals surface area contributed by atoms with Gasteiger partial charge >= 0.3 is 6.09 Å². The van der Waals surface area contributed by atoms with Crippen molar-refractivity contribution in [1.82, 2.24) is 15.5 Å². The highest BCUT2D eigenvalue weighted by Gasteiger charge is 2.28. The van der Waals surface area contributed by atoms with Crippen molar-refractivity contribution in [1.29, 1.82) is 0 Å². The minimum absolute atomic E-state index is 0.198. The lowest BCUT2D eigenvalue weighted by Gasteiger charge is -2.33. The predicted octanol–water partition coefficient (Wildman–Crippen LogP) is 3.50. The molecular formula is C28H43N5O4. The molecule has 3 aliphatic rings. The van der Waals surface area contributed by atoms with E-state index in [1.165, 1.54) is 5.69 Å². The van der Waals surface area contributed by atoms with Gasteiger partial charge in [0.15, 0.2) is 0 Å². The Hall–Kier alpha value is -2.81. The molecule has 1 saturated carbocycles. The van der Waals surface area contributed by atoms with Crippen molar-refractivity contribution in [3.05, 3.63) is 24.3 Å². The number of nitrogens with one attached hydrogen (secondary N) is 3. The van der Waals surface area contributed by atoms with Gasteiger partial charge in [0.1, 0.15) is 11.6 Å². The molecule has 204 valence electrons. The first kappa shape index (κ1) is 27.2. The number of ether oxygens (including phenoxy) is 1. The maximum absolute atomic E-state index is 12.1. The van der Waals surface area contributed by atoms with Crippen molar-refractivity contribution >= 4 is 29.3 Å². The van der Waals surface area contributed by atoms with Gasteiger partial charge in [-0.3, -0.25) is 14.9 Å². The van der Waals surface area contributed by atoms with Crippen LogP contribution >= 0.6 is 0 Å². The number of imide groups is 1. The van der Waals surface area contributed by atoms with Crippen LogP contribution in [-0.4, -0.2) is 73.2 Å². The first-order valence-corrected chi connectivity index (χ1v) is 13.8. The van der Waals surface area contributed by atoms with Crippen molar-refractivity contribution in [2.75, 3.05) is 42.9 Å². The second-order valence-electron chi connectivity index (χ2n) is 11.7. The molecule has 9 nitrogen and oxygen atoms in total. The predicted molar refractivity (Wildman–Crippen MR) is 145 cm³/mol. The summed E-state index contributed by atoms with van der Waals surface area (Å²) in [6, 6.07) is 8.12. The third-order valence-corrected chi connectivity index (χ3v) is 7.49. The SMILES string of the molecule is CC(C)(C)OC(=O)NC1CCC(CN2CCCN(c3ccc(NC4CCC(=O)NC4=O)cc3)CC2)CC1. The number of hydrogen-bond donors (Lipinski definition) is 3. The van der Waals surface area contributed by atoms with Gasteiger partial charge in [-0.2, -0.15) is 0 Å². The third kappa shape index (κ3) is 8.35. The first-order valence-electron chi connectivity index (χ1n) is 13.8. The molecule has 4 rings (SSSR count). The summed E-state index contributed by atoms with van der Waals surface area (Å²) in [5, 5.41) is 8.69. The van der Waals surface area contributed by atoms with E-state index >= 15 is 0 Å². The molecule has 3 fully saturated rings. The van der Waals surface area contributed by atoms with Gasteiger partial charge < -0.3 is 25.2 Å². The minimum atomic E-state index is -0.462. The van der Waals surface area contributed by atoms with Crippen molar-refractivity contribution in [2.45, 2.75) is 83.4 Å². The Balaban J connectivity index is 1.19. The van der Waals surface area contributed by atoms with E-state index in [-0.39, 0.29) is 30.0 Å². The lowest BCUT2D eigenvalue weighted by atomic mass is 9.85. The van der Waals surface area contributed by atoms with Crippen LogP contribution in [0.25, 0.3) is 0 Å². The highest BCUT2D eigenvalue weighted by atomic mass is 16.6. The molecule has 1 aromatic rings. The fourth-order valence-electron chi connectivity index (χ4n) is 5.54. The smallest absolute Gasteiger partial charge is 0.407 e. The zero-order chi connectivity index (χ0) is 26.4. The molecule has 1 unspecified atom stereocenters. The Morgan fingerprint density at radius 3 is 2.41 bits per heavy atom. The maximum atomic E-state index is 12.1. The lowest BCUT2D eigenvalue weighted by Crippen LogP contribution is -2.47. The maximum Gasteiger partial charge on any atom is 0.407 e. The van der Waals surface area contributed by atoms with Crippen LogP contribution in [0.2, 0.25) is 0 Å². The Kier molecular flexibility index (Phi) is 8.95. The van der Waals surface area contributed by atoms with Crippen LogP contribution in [-0.2, 0) is 14.3 Å². The summed E-state index contributed by atoms with van der Waals surface area (Å²) in [7, 11) is 0. The topological polar surface area (TPSA) is 103 Å². The average molecular weight is 514 g/mol. The molecule has 2 heterocycles. The third-order valence-electron chi connectivity index (χ3n) is 7.49. The standard InChI is InChI=1S/C28H43N5O4/c1-28(2,3)37-27(36)30-22-7-5-20(6-8-22)19-32-15-4-16-33(18-17-32)23-11-9-21(10-12-23)29-24-13-14-25(34)31-26(24)35/h9-12,20,22,24,29H,4-8,13-19H2,1-3H3,(H,30,36)(H,31,34,35). The molecule has 9 heteroatoms. The van der Waals surface area contributed by atoms with Crippen molar-refractivity contribution in [2.24, 2.45) is 5.92 Å². The number of piperidine rings is 1. The highest BCUT2D eigenvalue weighted by Crippen LogP contribution is 2.27. The first-order chi connectivity index (χ1) is 17.6. The number of anilines is 2. The van der Waals surface area contributed by atoms with Crippen molar-refractivity contribution < 1.29 is 19.1 Å². The van der Waals surface area contributed by atoms with Gasteiger partial charge in [0, 0.05) is 50.0 Å². The van der Waals surface area contributed by atoms with Gasteiger partial charge in [0.05, 0.1) is 0 Å². The summed E-state index contributed by atoms with van der Waals surface area (Å²) in [4.78, 5) is 40.5. The Bertz CT molecular complexity index is 937. The van der Waals surface area contributed by atoms with E-state index in [1.807, 2.05) is 32.9 Å². The van der Waals surface area contributed by atoms with Gasteiger partial charge in [-0.05, 0) is 96.0 Å². The Morgan fingerprint density at radius 2 is 1.73 bits per heavy atom. The van der Waals surface area contributed by atoms with Crippen LogP contribution in [0.15, 0.2) is 24.3 Å². The van der Waals surface area contributed by atoms with Crippen molar-refractivity contribution in [3.8, 4) is 0 Å². The van der Waals surface area contributed by atoms with Gasteiger partial charge in [-0.15, -0.1) is 0 Å². The van der Waals surface area contributed by atoms with E-state index in [2.05, 4.69) is 37.9 Å². The van der Waals surface area contributed by atoms with E-state index < -0.39 is 5.60 Å². The minimum Gasteiger partial charge on any atom is -0.444 e. The molecule has 3 N–H and O–H groups in total. The van der Waals surface area contributed by atoms with Crippen LogP contribution in [0.5, 0.6) is 0 Å². The molecule has 0 radical (unpaired) electrons. The van der Waals surface area contributed by atoms with Crippen LogP contribution in [0, 0.1) is 5.92 Å². The van der Waals surface area contributed by atoms with E-state index in [1.54, 1.807) is 0 Å². The Labute approximate surface area is 220 Å². The summed E-state index contributed by atoms with van der Waals surface area (Å²) in [6.07, 6.45) is 6.04. The molecule has 0 aromatic heterocycles. The number of carbonyl (C=O) groups is 3. The number of carbonyl (C=O) groups excluding carboxylic acids is 3. The van der Waals surface area contributed by atoms with Crippen LogP contribution in [0.1, 0.15) is 65.7 Å². The fraction of sp³-hybridized carbons (Fsp3) is 0.679. The molecule has 37 heavy (non-hydrogen) atoms. The molecule has 2 aliphatic heterocycles. The van der Waals surface area contributed by atoms with E-state index in [9.17, 15) is 14.4 Å². The van der Waals surface area contributed by atoms with Crippen LogP contribution in [0.3, 0.4) is 0 Å². The normalized spacial score (nSPS) is 25.7. The molecule has 0 spiro atoms. The summed E-state index contributed by atoms with van der Waals surface area (Å²) >= 11 is 0. The van der Waals surface area contributed by atoms with Gasteiger partial charge in [-0.1, -0.05) is 0 Å². The zero-order valence-electron chi connectivity index (χ0n) is 22.6. The quantitative estimate of drug-likeness (QED) is 0.500. The Morgan fingerprint density at radius 1 is 1.00 bits per heavy atom. The molecule has 1 aromatic carbocycles. The average Bonchev–Trinajstić information content (AvgIpc) is 3.07. The summed E-state index contributed by atoms with van der Waals surface area (Å²) in [6.45, 7) is 11.0. The number of hydrogen-bond acceptors (Lipinski definition) is 7. The lowest BCUT2D eigenvalue weighted by molar-refractivity contribution is -0.133. The largest absolute Gasteiger partial charge is 0.444 e. The molecule has 1 atom stereocenters. The van der Waals surface area contributed by atoms with E-state index in [4.69, 9.17) is 4.74 Å². The van der Waals surface area contributed by atoms with Gasteiger partial charge in [0.2, 0.25) is 11.8 Å². The zero-order valence-corrected chi connectivity index (χ0v) is 22.6. The summed E-state index contributed by atoms with van der Waals surface area (Å²) in [5.41, 5.74) is 1.63. The van der Waals surface area contributed by atoms with Gasteiger partial charge in [0.25, 0.3) is 0 Å². The fourth-order valence-corrected chi connectivity index (χ4v) is 5.54. The van der Waals surface area contributed by atoms with E-state index in [0.717, 1.165) is 70.5 Å². The van der Waals surface area contributed by atoms with Gasteiger partial charge in [-0.25, -0.2) is 4.79 Å². The number of amides is 3. The summed E-state index contributed by atoms with van der Waals surface area (Å²) in [5.74, 6) is 0.234. The number of benzene rings is 1. The second-order valence-corrected chi connectivity index (χ2v) is 11.7. The van der Waals surface area contributed by atoms with Crippen LogP contribution in [0.4, 0.5) is 16.2 Å².